The smallest absolute Gasteiger partial charge is 0.121 e. The first-order chi connectivity index (χ1) is 9.15. The first-order valence-corrected chi connectivity index (χ1v) is 7.47. The number of anilines is 1. The Kier molecular flexibility index (Phi) is 4.80. The molecule has 2 aromatic rings. The molecule has 0 radical (unpaired) electrons. The molecule has 0 amide bonds. The second-order valence-corrected chi connectivity index (χ2v) is 5.73. The van der Waals surface area contributed by atoms with Crippen LogP contribution < -0.4 is 10.1 Å². The van der Waals surface area contributed by atoms with Crippen molar-refractivity contribution in [3.05, 3.63) is 40.8 Å². The molecular formula is C15H20N2OS. The van der Waals surface area contributed by atoms with Gasteiger partial charge in [-0.25, -0.2) is 4.98 Å². The maximum atomic E-state index is 5.73. The van der Waals surface area contributed by atoms with Gasteiger partial charge < -0.3 is 10.1 Å². The number of thiazole rings is 1. The van der Waals surface area contributed by atoms with Crippen molar-refractivity contribution in [3.8, 4) is 5.75 Å². The first-order valence-electron chi connectivity index (χ1n) is 6.52. The van der Waals surface area contributed by atoms with Gasteiger partial charge >= 0.3 is 0 Å². The van der Waals surface area contributed by atoms with E-state index < -0.39 is 0 Å². The minimum atomic E-state index is 0.201. The molecule has 2 rings (SSSR count). The molecule has 1 heterocycles. The summed E-state index contributed by atoms with van der Waals surface area (Å²) in [4.78, 5) is 4.32. The highest BCUT2D eigenvalue weighted by molar-refractivity contribution is 7.07. The van der Waals surface area contributed by atoms with Gasteiger partial charge in [-0.1, -0.05) is 19.9 Å². The lowest BCUT2D eigenvalue weighted by Crippen LogP contribution is -2.08. The van der Waals surface area contributed by atoms with Gasteiger partial charge in [-0.05, 0) is 25.0 Å². The Bertz CT molecular complexity index is 497. The zero-order valence-corrected chi connectivity index (χ0v) is 12.4. The van der Waals surface area contributed by atoms with Crippen molar-refractivity contribution >= 4 is 17.0 Å². The molecule has 1 N–H and O–H groups in total. The summed E-state index contributed by atoms with van der Waals surface area (Å²) in [6.07, 6.45) is 0. The number of hydrogen-bond acceptors (Lipinski definition) is 4. The average Bonchev–Trinajstić information content (AvgIpc) is 2.91. The summed E-state index contributed by atoms with van der Waals surface area (Å²) in [6, 6.07) is 8.27. The van der Waals surface area contributed by atoms with Crippen LogP contribution in [0.3, 0.4) is 0 Å². The van der Waals surface area contributed by atoms with E-state index in [1.165, 1.54) is 0 Å². The highest BCUT2D eigenvalue weighted by atomic mass is 32.1. The molecular weight excluding hydrogens is 256 g/mol. The van der Waals surface area contributed by atoms with Crippen molar-refractivity contribution < 1.29 is 4.74 Å². The van der Waals surface area contributed by atoms with Gasteiger partial charge in [0.1, 0.15) is 5.75 Å². The van der Waals surface area contributed by atoms with E-state index in [0.29, 0.717) is 5.92 Å². The molecule has 0 spiro atoms. The number of nitrogens with zero attached hydrogens (tertiary/aromatic N) is 1. The van der Waals surface area contributed by atoms with E-state index in [2.05, 4.69) is 36.5 Å². The Morgan fingerprint density at radius 2 is 2.16 bits per heavy atom. The average molecular weight is 276 g/mol. The van der Waals surface area contributed by atoms with E-state index in [9.17, 15) is 0 Å². The fourth-order valence-corrected chi connectivity index (χ4v) is 2.35. The molecule has 3 nitrogen and oxygen atoms in total. The molecule has 1 unspecified atom stereocenters. The predicted octanol–water partition coefficient (Wildman–Crippen LogP) is 4.35. The lowest BCUT2D eigenvalue weighted by atomic mass is 10.2. The predicted molar refractivity (Wildman–Crippen MR) is 80.9 cm³/mol. The van der Waals surface area contributed by atoms with Crippen molar-refractivity contribution in [2.45, 2.75) is 26.8 Å². The van der Waals surface area contributed by atoms with Crippen LogP contribution in [0.4, 0.5) is 5.69 Å². The van der Waals surface area contributed by atoms with Crippen LogP contribution in [0.1, 0.15) is 32.5 Å². The van der Waals surface area contributed by atoms with Gasteiger partial charge in [0.2, 0.25) is 0 Å². The maximum absolute atomic E-state index is 5.73. The minimum absolute atomic E-state index is 0.201. The van der Waals surface area contributed by atoms with Gasteiger partial charge in [0.25, 0.3) is 0 Å². The number of nitrogens with one attached hydrogen (secondary N) is 1. The zero-order valence-electron chi connectivity index (χ0n) is 11.6. The van der Waals surface area contributed by atoms with E-state index >= 15 is 0 Å². The van der Waals surface area contributed by atoms with Crippen LogP contribution >= 0.6 is 11.3 Å². The Balaban J connectivity index is 1.98. The number of hydrogen-bond donors (Lipinski definition) is 1. The van der Waals surface area contributed by atoms with Crippen LogP contribution in [0.25, 0.3) is 0 Å². The molecule has 102 valence electrons. The molecule has 0 bridgehead atoms. The summed E-state index contributed by atoms with van der Waals surface area (Å²) in [6.45, 7) is 7.14. The first kappa shape index (κ1) is 13.9. The Morgan fingerprint density at radius 1 is 1.32 bits per heavy atom. The number of ether oxygens (including phenoxy) is 1. The van der Waals surface area contributed by atoms with Crippen LogP contribution in [-0.4, -0.2) is 11.6 Å². The van der Waals surface area contributed by atoms with Crippen molar-refractivity contribution in [2.75, 3.05) is 11.9 Å². The molecule has 0 aliphatic rings. The van der Waals surface area contributed by atoms with Crippen LogP contribution in [0, 0.1) is 5.92 Å². The fourth-order valence-electron chi connectivity index (χ4n) is 1.70. The van der Waals surface area contributed by atoms with Gasteiger partial charge in [0.15, 0.2) is 0 Å². The Labute approximate surface area is 118 Å². The third-order valence-electron chi connectivity index (χ3n) is 2.70. The van der Waals surface area contributed by atoms with Gasteiger partial charge in [-0.3, -0.25) is 0 Å². The van der Waals surface area contributed by atoms with E-state index in [0.717, 1.165) is 23.7 Å². The van der Waals surface area contributed by atoms with Gasteiger partial charge in [0, 0.05) is 17.1 Å². The van der Waals surface area contributed by atoms with Crippen LogP contribution in [0.15, 0.2) is 35.2 Å². The number of aromatic nitrogens is 1. The molecule has 0 saturated heterocycles. The van der Waals surface area contributed by atoms with Gasteiger partial charge in [0.05, 0.1) is 23.9 Å². The molecule has 0 aliphatic carbocycles. The zero-order chi connectivity index (χ0) is 13.7. The summed E-state index contributed by atoms with van der Waals surface area (Å²) in [5, 5.41) is 5.50. The van der Waals surface area contributed by atoms with Gasteiger partial charge in [-0.2, -0.15) is 0 Å². The van der Waals surface area contributed by atoms with Crippen LogP contribution in [0.5, 0.6) is 5.75 Å². The van der Waals surface area contributed by atoms with E-state index in [-0.39, 0.29) is 6.04 Å². The molecule has 1 aromatic carbocycles. The SMILES string of the molecule is CC(C)COc1cccc(NC(C)c2cscn2)c1. The quantitative estimate of drug-likeness (QED) is 0.851. The van der Waals surface area contributed by atoms with Crippen molar-refractivity contribution in [1.29, 1.82) is 0 Å². The summed E-state index contributed by atoms with van der Waals surface area (Å²) < 4.78 is 5.73. The van der Waals surface area contributed by atoms with E-state index in [1.54, 1.807) is 11.3 Å². The molecule has 0 fully saturated rings. The second-order valence-electron chi connectivity index (χ2n) is 5.01. The maximum Gasteiger partial charge on any atom is 0.121 e. The third kappa shape index (κ3) is 4.24. The Hall–Kier alpha value is -1.55. The third-order valence-corrected chi connectivity index (χ3v) is 3.30. The minimum Gasteiger partial charge on any atom is -0.493 e. The Morgan fingerprint density at radius 3 is 2.84 bits per heavy atom. The number of benzene rings is 1. The molecule has 19 heavy (non-hydrogen) atoms. The summed E-state index contributed by atoms with van der Waals surface area (Å²) in [7, 11) is 0. The second kappa shape index (κ2) is 6.57. The van der Waals surface area contributed by atoms with Crippen molar-refractivity contribution in [1.82, 2.24) is 4.98 Å². The normalized spacial score (nSPS) is 12.4. The summed E-state index contributed by atoms with van der Waals surface area (Å²) in [5.41, 5.74) is 3.98. The highest BCUT2D eigenvalue weighted by Gasteiger charge is 2.07. The largest absolute Gasteiger partial charge is 0.493 e. The molecule has 4 heteroatoms. The molecule has 1 aromatic heterocycles. The molecule has 0 aliphatic heterocycles. The lowest BCUT2D eigenvalue weighted by Gasteiger charge is -2.15. The molecule has 0 saturated carbocycles. The fraction of sp³-hybridized carbons (Fsp3) is 0.400. The number of rotatable bonds is 6. The summed E-state index contributed by atoms with van der Waals surface area (Å²) >= 11 is 1.62. The van der Waals surface area contributed by atoms with Crippen LogP contribution in [0.2, 0.25) is 0 Å². The highest BCUT2D eigenvalue weighted by Crippen LogP contribution is 2.23. The van der Waals surface area contributed by atoms with E-state index in [4.69, 9.17) is 4.74 Å². The van der Waals surface area contributed by atoms with Crippen LogP contribution in [-0.2, 0) is 0 Å². The van der Waals surface area contributed by atoms with Gasteiger partial charge in [-0.15, -0.1) is 11.3 Å². The van der Waals surface area contributed by atoms with Crippen molar-refractivity contribution in [2.24, 2.45) is 5.92 Å². The topological polar surface area (TPSA) is 34.1 Å². The lowest BCUT2D eigenvalue weighted by molar-refractivity contribution is 0.271. The molecule has 1 atom stereocenters. The standard InChI is InChI=1S/C15H20N2OS/c1-11(2)8-18-14-6-4-5-13(7-14)17-12(3)15-9-19-10-16-15/h4-7,9-12,17H,8H2,1-3H3. The summed E-state index contributed by atoms with van der Waals surface area (Å²) in [5.74, 6) is 1.44. The van der Waals surface area contributed by atoms with Crippen molar-refractivity contribution in [3.63, 3.8) is 0 Å². The monoisotopic (exact) mass is 276 g/mol. The van der Waals surface area contributed by atoms with E-state index in [1.807, 2.05) is 29.8 Å².